The predicted molar refractivity (Wildman–Crippen MR) is 72.7 cm³/mol. The Morgan fingerprint density at radius 2 is 1.86 bits per heavy atom. The van der Waals surface area contributed by atoms with Crippen LogP contribution in [0.2, 0.25) is 0 Å². The maximum atomic E-state index is 13.0. The first-order valence-corrected chi connectivity index (χ1v) is 7.34. The van der Waals surface area contributed by atoms with Crippen LogP contribution in [0.4, 0.5) is 10.1 Å². The van der Waals surface area contributed by atoms with Crippen molar-refractivity contribution in [2.24, 2.45) is 0 Å². The highest BCUT2D eigenvalue weighted by Gasteiger charge is 2.16. The molecular weight excluding hydrogens is 301 g/mol. The van der Waals surface area contributed by atoms with Gasteiger partial charge in [0.2, 0.25) is 0 Å². The van der Waals surface area contributed by atoms with Crippen molar-refractivity contribution in [1.29, 1.82) is 0 Å². The maximum absolute atomic E-state index is 13.0. The van der Waals surface area contributed by atoms with Gasteiger partial charge in [0.05, 0.1) is 11.0 Å². The number of benzene rings is 2. The third-order valence-electron chi connectivity index (χ3n) is 2.48. The van der Waals surface area contributed by atoms with Crippen LogP contribution in [-0.2, 0) is 15.9 Å². The molecule has 8 heteroatoms. The minimum absolute atomic E-state index is 0.166. The van der Waals surface area contributed by atoms with Gasteiger partial charge in [-0.05, 0) is 23.8 Å². The van der Waals surface area contributed by atoms with E-state index in [0.717, 1.165) is 12.1 Å². The average molecular weight is 311 g/mol. The van der Waals surface area contributed by atoms with Crippen molar-refractivity contribution in [2.45, 2.75) is 5.75 Å². The second-order valence-electron chi connectivity index (χ2n) is 4.17. The van der Waals surface area contributed by atoms with Crippen LogP contribution in [0.15, 0.2) is 48.5 Å². The molecule has 0 saturated heterocycles. The Morgan fingerprint density at radius 1 is 1.14 bits per heavy atom. The molecule has 0 N–H and O–H groups in total. The number of rotatable bonds is 5. The van der Waals surface area contributed by atoms with Crippen LogP contribution in [0.5, 0.6) is 5.75 Å². The Bertz CT molecular complexity index is 776. The van der Waals surface area contributed by atoms with E-state index < -0.39 is 26.6 Å². The lowest BCUT2D eigenvalue weighted by molar-refractivity contribution is -0.384. The van der Waals surface area contributed by atoms with Crippen LogP contribution in [0, 0.1) is 15.9 Å². The van der Waals surface area contributed by atoms with Gasteiger partial charge in [-0.1, -0.05) is 18.2 Å². The van der Waals surface area contributed by atoms with Crippen LogP contribution >= 0.6 is 0 Å². The number of hydrogen-bond acceptors (Lipinski definition) is 5. The molecule has 0 fully saturated rings. The summed E-state index contributed by atoms with van der Waals surface area (Å²) in [5.74, 6) is -1.26. The number of nitro groups is 1. The van der Waals surface area contributed by atoms with Crippen molar-refractivity contribution < 1.29 is 21.9 Å². The summed E-state index contributed by atoms with van der Waals surface area (Å²) in [6.07, 6.45) is 0. The highest BCUT2D eigenvalue weighted by molar-refractivity contribution is 7.86. The van der Waals surface area contributed by atoms with Gasteiger partial charge in [0.15, 0.2) is 0 Å². The molecule has 6 nitrogen and oxygen atoms in total. The molecule has 0 amide bonds. The van der Waals surface area contributed by atoms with E-state index in [1.165, 1.54) is 36.4 Å². The first-order valence-electron chi connectivity index (χ1n) is 5.77. The quantitative estimate of drug-likeness (QED) is 0.481. The first kappa shape index (κ1) is 14.9. The monoisotopic (exact) mass is 311 g/mol. The molecular formula is C13H10FNO5S. The molecule has 21 heavy (non-hydrogen) atoms. The average Bonchev–Trinajstić information content (AvgIpc) is 2.37. The number of halogens is 1. The van der Waals surface area contributed by atoms with E-state index >= 15 is 0 Å². The third-order valence-corrected chi connectivity index (χ3v) is 3.62. The van der Waals surface area contributed by atoms with Crippen LogP contribution in [-0.4, -0.2) is 13.3 Å². The summed E-state index contributed by atoms with van der Waals surface area (Å²) >= 11 is 0. The number of nitro benzene ring substituents is 1. The lowest BCUT2D eigenvalue weighted by Gasteiger charge is -2.07. The van der Waals surface area contributed by atoms with Crippen LogP contribution in [0.3, 0.4) is 0 Å². The summed E-state index contributed by atoms with van der Waals surface area (Å²) in [6.45, 7) is 0. The zero-order valence-corrected chi connectivity index (χ0v) is 11.4. The first-order chi connectivity index (χ1) is 9.85. The zero-order chi connectivity index (χ0) is 15.5. The maximum Gasteiger partial charge on any atom is 0.313 e. The predicted octanol–water partition coefficient (Wildman–Crippen LogP) is 2.64. The molecule has 0 bridgehead atoms. The fraction of sp³-hybridized carbons (Fsp3) is 0.0769. The molecule has 0 aliphatic rings. The van der Waals surface area contributed by atoms with Gasteiger partial charge in [-0.2, -0.15) is 8.42 Å². The summed E-state index contributed by atoms with van der Waals surface area (Å²) in [6, 6.07) is 9.91. The van der Waals surface area contributed by atoms with E-state index in [1.54, 1.807) is 0 Å². The van der Waals surface area contributed by atoms with Crippen LogP contribution < -0.4 is 4.18 Å². The number of non-ortho nitro benzene ring substituents is 1. The highest BCUT2D eigenvalue weighted by Crippen LogP contribution is 2.21. The Kier molecular flexibility index (Phi) is 4.18. The molecule has 0 spiro atoms. The van der Waals surface area contributed by atoms with Gasteiger partial charge >= 0.3 is 10.1 Å². The molecule has 0 aliphatic carbocycles. The molecule has 2 rings (SSSR count). The molecule has 0 atom stereocenters. The minimum Gasteiger partial charge on any atom is -0.382 e. The Morgan fingerprint density at radius 3 is 2.52 bits per heavy atom. The third kappa shape index (κ3) is 4.25. The van der Waals surface area contributed by atoms with Crippen LogP contribution in [0.25, 0.3) is 0 Å². The molecule has 0 aromatic heterocycles. The molecule has 0 heterocycles. The SMILES string of the molecule is O=[N+]([O-])c1cccc(OS(=O)(=O)Cc2cccc(F)c2)c1. The van der Waals surface area contributed by atoms with E-state index in [2.05, 4.69) is 0 Å². The van der Waals surface area contributed by atoms with Gasteiger partial charge in [0.25, 0.3) is 5.69 Å². The number of nitrogens with zero attached hydrogens (tertiary/aromatic N) is 1. The molecule has 110 valence electrons. The van der Waals surface area contributed by atoms with Crippen molar-refractivity contribution in [3.05, 3.63) is 70.0 Å². The smallest absolute Gasteiger partial charge is 0.313 e. The van der Waals surface area contributed by atoms with E-state index in [1.807, 2.05) is 0 Å². The molecule has 0 radical (unpaired) electrons. The Labute approximate surface area is 120 Å². The van der Waals surface area contributed by atoms with Gasteiger partial charge in [-0.3, -0.25) is 10.1 Å². The van der Waals surface area contributed by atoms with Crippen LogP contribution in [0.1, 0.15) is 5.56 Å². The standard InChI is InChI=1S/C13H10FNO5S/c14-11-4-1-3-10(7-11)9-21(18,19)20-13-6-2-5-12(8-13)15(16)17/h1-8H,9H2. The fourth-order valence-electron chi connectivity index (χ4n) is 1.66. The molecule has 0 aliphatic heterocycles. The van der Waals surface area contributed by atoms with Crippen molar-refractivity contribution >= 4 is 15.8 Å². The van der Waals surface area contributed by atoms with Crippen molar-refractivity contribution in [3.8, 4) is 5.75 Å². The zero-order valence-electron chi connectivity index (χ0n) is 10.6. The van der Waals surface area contributed by atoms with E-state index in [4.69, 9.17) is 4.18 Å². The van der Waals surface area contributed by atoms with E-state index in [9.17, 15) is 22.9 Å². The number of hydrogen-bond donors (Lipinski definition) is 0. The molecule has 2 aromatic carbocycles. The summed E-state index contributed by atoms with van der Waals surface area (Å²) in [4.78, 5) is 9.95. The fourth-order valence-corrected chi connectivity index (χ4v) is 2.70. The lowest BCUT2D eigenvalue weighted by atomic mass is 10.2. The summed E-state index contributed by atoms with van der Waals surface area (Å²) < 4.78 is 41.5. The normalized spacial score (nSPS) is 11.1. The van der Waals surface area contributed by atoms with Gasteiger partial charge in [0.1, 0.15) is 17.3 Å². The van der Waals surface area contributed by atoms with Crippen molar-refractivity contribution in [3.63, 3.8) is 0 Å². The Hall–Kier alpha value is -2.48. The molecule has 0 unspecified atom stereocenters. The second kappa shape index (κ2) is 5.88. The second-order valence-corrected chi connectivity index (χ2v) is 5.74. The van der Waals surface area contributed by atoms with E-state index in [-0.39, 0.29) is 17.0 Å². The molecule has 0 saturated carbocycles. The van der Waals surface area contributed by atoms with E-state index in [0.29, 0.717) is 0 Å². The lowest BCUT2D eigenvalue weighted by Crippen LogP contribution is -2.12. The summed E-state index contributed by atoms with van der Waals surface area (Å²) in [5, 5.41) is 10.6. The van der Waals surface area contributed by atoms with Gasteiger partial charge in [0, 0.05) is 6.07 Å². The van der Waals surface area contributed by atoms with Crippen molar-refractivity contribution in [2.75, 3.05) is 0 Å². The molecule has 2 aromatic rings. The van der Waals surface area contributed by atoms with Crippen molar-refractivity contribution in [1.82, 2.24) is 0 Å². The van der Waals surface area contributed by atoms with Gasteiger partial charge in [-0.25, -0.2) is 4.39 Å². The van der Waals surface area contributed by atoms with Gasteiger partial charge < -0.3 is 4.18 Å². The summed E-state index contributed by atoms with van der Waals surface area (Å²) in [7, 11) is -4.04. The Balaban J connectivity index is 2.18. The highest BCUT2D eigenvalue weighted by atomic mass is 32.2. The largest absolute Gasteiger partial charge is 0.382 e. The van der Waals surface area contributed by atoms with Gasteiger partial charge in [-0.15, -0.1) is 0 Å². The minimum atomic E-state index is -4.04. The topological polar surface area (TPSA) is 86.5 Å². The summed E-state index contributed by atoms with van der Waals surface area (Å²) in [5.41, 5.74) is -0.0612.